The van der Waals surface area contributed by atoms with Gasteiger partial charge >= 0.3 is 29.8 Å². The summed E-state index contributed by atoms with van der Waals surface area (Å²) in [6, 6.07) is 13.9. The zero-order chi connectivity index (χ0) is 30.1. The van der Waals surface area contributed by atoms with Crippen molar-refractivity contribution in [1.82, 2.24) is 0 Å². The number of rotatable bonds is 10. The van der Waals surface area contributed by atoms with E-state index in [4.69, 9.17) is 33.2 Å². The van der Waals surface area contributed by atoms with Gasteiger partial charge in [0, 0.05) is 34.1 Å². The maximum Gasteiger partial charge on any atom is 0.337 e. The van der Waals surface area contributed by atoms with Gasteiger partial charge in [0.15, 0.2) is 12.2 Å². The third-order valence-electron chi connectivity index (χ3n) is 5.93. The third-order valence-corrected chi connectivity index (χ3v) is 5.93. The van der Waals surface area contributed by atoms with Gasteiger partial charge in [0.05, 0.1) is 12.7 Å². The Morgan fingerprint density at radius 2 is 1.32 bits per heavy atom. The molecule has 0 spiro atoms. The van der Waals surface area contributed by atoms with Crippen LogP contribution >= 0.6 is 0 Å². The first-order valence-electron chi connectivity index (χ1n) is 12.7. The van der Waals surface area contributed by atoms with Gasteiger partial charge in [0.2, 0.25) is 12.4 Å². The number of ether oxygens (including phenoxy) is 7. The summed E-state index contributed by atoms with van der Waals surface area (Å²) in [4.78, 5) is 59.4. The summed E-state index contributed by atoms with van der Waals surface area (Å²) in [6.45, 7) is 4.26. The highest BCUT2D eigenvalue weighted by Gasteiger charge is 2.53. The van der Waals surface area contributed by atoms with Gasteiger partial charge in [-0.25, -0.2) is 4.79 Å². The Kier molecular flexibility index (Phi) is 10.8. The van der Waals surface area contributed by atoms with Crippen molar-refractivity contribution < 1.29 is 57.1 Å². The average Bonchev–Trinajstić information content (AvgIpc) is 2.91. The van der Waals surface area contributed by atoms with Crippen molar-refractivity contribution in [2.75, 3.05) is 13.7 Å². The molecule has 12 heteroatoms. The highest BCUT2D eigenvalue weighted by atomic mass is 16.7. The van der Waals surface area contributed by atoms with Crippen LogP contribution in [0.4, 0.5) is 0 Å². The molecule has 1 saturated heterocycles. The number of hydrogen-bond donors (Lipinski definition) is 0. The van der Waals surface area contributed by atoms with Crippen LogP contribution in [0, 0.1) is 0 Å². The first-order valence-corrected chi connectivity index (χ1v) is 12.7. The molecule has 0 bridgehead atoms. The summed E-state index contributed by atoms with van der Waals surface area (Å²) in [7, 11) is 1.30. The topological polar surface area (TPSA) is 150 Å². The minimum atomic E-state index is -1.36. The fraction of sp³-hybridized carbons (Fsp3) is 0.414. The van der Waals surface area contributed by atoms with Gasteiger partial charge in [-0.3, -0.25) is 19.2 Å². The number of hydrogen-bond acceptors (Lipinski definition) is 12. The van der Waals surface area contributed by atoms with Crippen LogP contribution in [0.15, 0.2) is 48.5 Å². The molecule has 12 nitrogen and oxygen atoms in total. The number of benzene rings is 2. The third kappa shape index (κ3) is 8.77. The van der Waals surface area contributed by atoms with Gasteiger partial charge in [-0.15, -0.1) is 0 Å². The van der Waals surface area contributed by atoms with Gasteiger partial charge in [0.1, 0.15) is 18.5 Å². The lowest BCUT2D eigenvalue weighted by molar-refractivity contribution is -0.288. The van der Waals surface area contributed by atoms with E-state index < -0.39 is 60.6 Å². The summed E-state index contributed by atoms with van der Waals surface area (Å²) in [6.07, 6.45) is -6.11. The molecule has 5 atom stereocenters. The fourth-order valence-electron chi connectivity index (χ4n) is 4.27. The number of carbonyl (C=O) groups excluding carboxylic acids is 5. The Hall–Kier alpha value is -4.45. The van der Waals surface area contributed by atoms with E-state index in [0.717, 1.165) is 26.3 Å². The number of esters is 5. The molecule has 1 aliphatic heterocycles. The van der Waals surface area contributed by atoms with Gasteiger partial charge in [-0.2, -0.15) is 0 Å². The SMILES string of the molecule is COC(=O)c1ccc(Cc2ccccc2O[C@@H]2O[C@H](COC(C)=O)[C@@H](OC(C)=O)[C@H](OC(C)=O)[C@H]2OC(C)=O)cc1. The molecule has 1 heterocycles. The van der Waals surface area contributed by atoms with Crippen LogP contribution in [0.3, 0.4) is 0 Å². The van der Waals surface area contributed by atoms with E-state index in [0.29, 0.717) is 23.3 Å². The molecule has 0 radical (unpaired) electrons. The van der Waals surface area contributed by atoms with E-state index in [1.807, 2.05) is 6.07 Å². The molecule has 1 aliphatic rings. The van der Waals surface area contributed by atoms with Crippen molar-refractivity contribution >= 4 is 29.8 Å². The standard InChI is InChI=1S/C29H32O12/c1-16(30)36-15-24-25(37-17(2)31)26(38-18(3)32)27(39-19(4)33)29(41-24)40-23-9-7-6-8-22(23)14-20-10-12-21(13-11-20)28(34)35-5/h6-13,24-27,29H,14-15H2,1-5H3/t24-,25-,26+,27-,29-/m1/s1. The maximum absolute atomic E-state index is 12.1. The molecule has 1 fully saturated rings. The molecule has 0 saturated carbocycles. The Labute approximate surface area is 236 Å². The highest BCUT2D eigenvalue weighted by molar-refractivity contribution is 5.89. The van der Waals surface area contributed by atoms with Crippen LogP contribution in [0.25, 0.3) is 0 Å². The molecule has 220 valence electrons. The van der Waals surface area contributed by atoms with Gasteiger partial charge < -0.3 is 33.2 Å². The summed E-state index contributed by atoms with van der Waals surface area (Å²) in [5.41, 5.74) is 1.97. The van der Waals surface area contributed by atoms with Crippen molar-refractivity contribution in [3.05, 3.63) is 65.2 Å². The second kappa shape index (κ2) is 14.3. The van der Waals surface area contributed by atoms with Crippen LogP contribution < -0.4 is 4.74 Å². The van der Waals surface area contributed by atoms with Crippen LogP contribution in [0.2, 0.25) is 0 Å². The van der Waals surface area contributed by atoms with Crippen LogP contribution in [0.1, 0.15) is 49.2 Å². The molecule has 3 rings (SSSR count). The zero-order valence-corrected chi connectivity index (χ0v) is 23.3. The van der Waals surface area contributed by atoms with Crippen molar-refractivity contribution in [1.29, 1.82) is 0 Å². The lowest BCUT2D eigenvalue weighted by Gasteiger charge is -2.44. The largest absolute Gasteiger partial charge is 0.465 e. The highest BCUT2D eigenvalue weighted by Crippen LogP contribution is 2.32. The van der Waals surface area contributed by atoms with Gasteiger partial charge in [0.25, 0.3) is 0 Å². The number of para-hydroxylation sites is 1. The average molecular weight is 573 g/mol. The molecular formula is C29H32O12. The van der Waals surface area contributed by atoms with Crippen LogP contribution in [0.5, 0.6) is 5.75 Å². The maximum atomic E-state index is 12.1. The molecule has 0 N–H and O–H groups in total. The van der Waals surface area contributed by atoms with Crippen molar-refractivity contribution in [2.45, 2.75) is 64.8 Å². The van der Waals surface area contributed by atoms with Crippen LogP contribution in [-0.4, -0.2) is 74.3 Å². The first-order chi connectivity index (χ1) is 19.5. The van der Waals surface area contributed by atoms with Gasteiger partial charge in [-0.1, -0.05) is 30.3 Å². The Morgan fingerprint density at radius 3 is 1.90 bits per heavy atom. The first kappa shape index (κ1) is 31.1. The van der Waals surface area contributed by atoms with E-state index in [1.165, 1.54) is 14.0 Å². The van der Waals surface area contributed by atoms with Crippen LogP contribution in [-0.2, 0) is 54.0 Å². The van der Waals surface area contributed by atoms with Crippen molar-refractivity contribution in [2.24, 2.45) is 0 Å². The molecule has 41 heavy (non-hydrogen) atoms. The fourth-order valence-corrected chi connectivity index (χ4v) is 4.27. The molecule has 0 aliphatic carbocycles. The van der Waals surface area contributed by atoms with Gasteiger partial charge in [-0.05, 0) is 29.3 Å². The Morgan fingerprint density at radius 1 is 0.732 bits per heavy atom. The van der Waals surface area contributed by atoms with Crippen molar-refractivity contribution in [3.8, 4) is 5.75 Å². The zero-order valence-electron chi connectivity index (χ0n) is 23.3. The summed E-state index contributed by atoms with van der Waals surface area (Å²) in [5.74, 6) is -2.93. The van der Waals surface area contributed by atoms with E-state index in [-0.39, 0.29) is 6.61 Å². The predicted molar refractivity (Wildman–Crippen MR) is 140 cm³/mol. The predicted octanol–water partition coefficient (Wildman–Crippen LogP) is 2.53. The molecular weight excluding hydrogens is 540 g/mol. The summed E-state index contributed by atoms with van der Waals surface area (Å²) >= 11 is 0. The van der Waals surface area contributed by atoms with E-state index in [9.17, 15) is 24.0 Å². The molecule has 2 aromatic rings. The van der Waals surface area contributed by atoms with E-state index in [1.54, 1.807) is 42.5 Å². The second-order valence-corrected chi connectivity index (χ2v) is 9.16. The molecule has 0 unspecified atom stereocenters. The monoisotopic (exact) mass is 572 g/mol. The minimum Gasteiger partial charge on any atom is -0.465 e. The molecule has 0 aromatic heterocycles. The lowest BCUT2D eigenvalue weighted by Crippen LogP contribution is -2.63. The Bertz CT molecular complexity index is 1250. The quantitative estimate of drug-likeness (QED) is 0.304. The van der Waals surface area contributed by atoms with E-state index >= 15 is 0 Å². The molecule has 2 aromatic carbocycles. The minimum absolute atomic E-state index is 0.352. The van der Waals surface area contributed by atoms with E-state index in [2.05, 4.69) is 0 Å². The molecule has 0 amide bonds. The summed E-state index contributed by atoms with van der Waals surface area (Å²) in [5, 5.41) is 0. The smallest absolute Gasteiger partial charge is 0.337 e. The normalized spacial score (nSPS) is 21.6. The second-order valence-electron chi connectivity index (χ2n) is 9.16. The van der Waals surface area contributed by atoms with Crippen molar-refractivity contribution in [3.63, 3.8) is 0 Å². The Balaban J connectivity index is 1.96. The number of methoxy groups -OCH3 is 1. The lowest BCUT2D eigenvalue weighted by atomic mass is 9.98. The number of carbonyl (C=O) groups is 5. The summed E-state index contributed by atoms with van der Waals surface area (Å²) < 4.78 is 38.4.